The van der Waals surface area contributed by atoms with E-state index in [1.165, 1.54) is 6.20 Å². The number of aryl methyl sites for hydroxylation is 1. The van der Waals surface area contributed by atoms with E-state index in [-0.39, 0.29) is 5.56 Å². The highest BCUT2D eigenvalue weighted by Gasteiger charge is 2.04. The van der Waals surface area contributed by atoms with Crippen LogP contribution in [0.2, 0.25) is 0 Å². The van der Waals surface area contributed by atoms with Crippen LogP contribution in [0.25, 0.3) is 11.3 Å². The van der Waals surface area contributed by atoms with E-state index in [9.17, 15) is 4.79 Å². The maximum absolute atomic E-state index is 11.5. The third kappa shape index (κ3) is 1.99. The molecule has 0 saturated heterocycles. The van der Waals surface area contributed by atoms with E-state index in [1.807, 2.05) is 25.1 Å². The fourth-order valence-electron chi connectivity index (χ4n) is 1.35. The van der Waals surface area contributed by atoms with Crippen LogP contribution in [-0.4, -0.2) is 9.97 Å². The lowest BCUT2D eigenvalue weighted by Gasteiger charge is -2.02. The first-order valence-corrected chi connectivity index (χ1v) is 5.28. The van der Waals surface area contributed by atoms with E-state index in [0.717, 1.165) is 15.6 Å². The topological polar surface area (TPSA) is 45.8 Å². The Bertz CT molecular complexity index is 548. The van der Waals surface area contributed by atoms with Gasteiger partial charge in [0.25, 0.3) is 5.56 Å². The number of H-pyrrole nitrogens is 1. The minimum absolute atomic E-state index is 0.167. The molecule has 0 amide bonds. The number of hydrogen-bond acceptors (Lipinski definition) is 2. The summed E-state index contributed by atoms with van der Waals surface area (Å²) in [7, 11) is 0. The van der Waals surface area contributed by atoms with E-state index < -0.39 is 0 Å². The summed E-state index contributed by atoms with van der Waals surface area (Å²) in [5, 5.41) is 0. The fraction of sp³-hybridized carbons (Fsp3) is 0.0909. The van der Waals surface area contributed by atoms with Crippen LogP contribution < -0.4 is 5.56 Å². The van der Waals surface area contributed by atoms with Gasteiger partial charge in [-0.05, 0) is 24.6 Å². The van der Waals surface area contributed by atoms with Crippen molar-refractivity contribution in [3.63, 3.8) is 0 Å². The van der Waals surface area contributed by atoms with Gasteiger partial charge in [0.05, 0.1) is 0 Å². The molecule has 2 aromatic rings. The van der Waals surface area contributed by atoms with Gasteiger partial charge in [0.15, 0.2) is 0 Å². The minimum Gasteiger partial charge on any atom is -0.326 e. The second kappa shape index (κ2) is 3.98. The zero-order valence-electron chi connectivity index (χ0n) is 8.12. The van der Waals surface area contributed by atoms with Gasteiger partial charge in [0, 0.05) is 22.4 Å². The van der Waals surface area contributed by atoms with Gasteiger partial charge in [0.1, 0.15) is 5.69 Å². The highest BCUT2D eigenvalue weighted by atomic mass is 79.9. The van der Waals surface area contributed by atoms with Crippen LogP contribution in [0, 0.1) is 6.92 Å². The molecule has 76 valence electrons. The highest BCUT2D eigenvalue weighted by Crippen LogP contribution is 2.21. The molecular formula is C11H9BrN2O. The summed E-state index contributed by atoms with van der Waals surface area (Å²) < 4.78 is 1.03. The molecule has 0 aliphatic heterocycles. The lowest BCUT2D eigenvalue weighted by atomic mass is 10.1. The lowest BCUT2D eigenvalue weighted by Crippen LogP contribution is -2.09. The standard InChI is InChI=1S/C11H9BrN2O/c1-7-6-8(2-3-9(7)12)10-11(15)14-5-4-13-10/h2-6H,1H3,(H,14,15). The van der Waals surface area contributed by atoms with Gasteiger partial charge >= 0.3 is 0 Å². The zero-order chi connectivity index (χ0) is 10.8. The normalized spacial score (nSPS) is 10.3. The molecule has 0 aliphatic carbocycles. The van der Waals surface area contributed by atoms with Gasteiger partial charge in [-0.3, -0.25) is 4.79 Å². The summed E-state index contributed by atoms with van der Waals surface area (Å²) in [6.45, 7) is 1.98. The maximum Gasteiger partial charge on any atom is 0.274 e. The Kier molecular flexibility index (Phi) is 2.68. The summed E-state index contributed by atoms with van der Waals surface area (Å²) in [4.78, 5) is 18.1. The van der Waals surface area contributed by atoms with Gasteiger partial charge < -0.3 is 4.98 Å². The van der Waals surface area contributed by atoms with Crippen molar-refractivity contribution in [2.75, 3.05) is 0 Å². The number of aromatic nitrogens is 2. The predicted molar refractivity (Wildman–Crippen MR) is 62.7 cm³/mol. The number of aromatic amines is 1. The van der Waals surface area contributed by atoms with Crippen molar-refractivity contribution >= 4 is 15.9 Å². The van der Waals surface area contributed by atoms with Crippen molar-refractivity contribution in [2.24, 2.45) is 0 Å². The molecule has 0 aliphatic rings. The van der Waals surface area contributed by atoms with Crippen molar-refractivity contribution in [3.05, 3.63) is 51.0 Å². The van der Waals surface area contributed by atoms with Crippen LogP contribution in [0.4, 0.5) is 0 Å². The molecule has 1 N–H and O–H groups in total. The smallest absolute Gasteiger partial charge is 0.274 e. The Morgan fingerprint density at radius 3 is 2.87 bits per heavy atom. The average molecular weight is 265 g/mol. The summed E-state index contributed by atoms with van der Waals surface area (Å²) in [6, 6.07) is 5.72. The Balaban J connectivity index is 2.60. The molecule has 0 bridgehead atoms. The second-order valence-corrected chi connectivity index (χ2v) is 4.09. The Hall–Kier alpha value is -1.42. The van der Waals surface area contributed by atoms with E-state index in [4.69, 9.17) is 0 Å². The molecule has 2 rings (SSSR count). The molecule has 0 spiro atoms. The average Bonchev–Trinajstić information content (AvgIpc) is 2.23. The van der Waals surface area contributed by atoms with Gasteiger partial charge in [-0.25, -0.2) is 4.98 Å². The Labute approximate surface area is 95.3 Å². The number of nitrogens with zero attached hydrogens (tertiary/aromatic N) is 1. The molecule has 1 heterocycles. The van der Waals surface area contributed by atoms with Crippen LogP contribution in [0.15, 0.2) is 39.9 Å². The van der Waals surface area contributed by atoms with Crippen LogP contribution >= 0.6 is 15.9 Å². The summed E-state index contributed by atoms with van der Waals surface area (Å²) in [5.74, 6) is 0. The number of hydrogen-bond donors (Lipinski definition) is 1. The van der Waals surface area contributed by atoms with E-state index in [0.29, 0.717) is 5.69 Å². The zero-order valence-corrected chi connectivity index (χ0v) is 9.71. The van der Waals surface area contributed by atoms with E-state index in [1.54, 1.807) is 6.20 Å². The molecular weight excluding hydrogens is 256 g/mol. The van der Waals surface area contributed by atoms with Gasteiger partial charge in [0.2, 0.25) is 0 Å². The van der Waals surface area contributed by atoms with Gasteiger partial charge in [-0.15, -0.1) is 0 Å². The first-order valence-electron chi connectivity index (χ1n) is 4.48. The van der Waals surface area contributed by atoms with E-state index in [2.05, 4.69) is 25.9 Å². The molecule has 0 atom stereocenters. The van der Waals surface area contributed by atoms with Gasteiger partial charge in [-0.2, -0.15) is 0 Å². The van der Waals surface area contributed by atoms with Crippen molar-refractivity contribution in [3.8, 4) is 11.3 Å². The molecule has 0 fully saturated rings. The largest absolute Gasteiger partial charge is 0.326 e. The Morgan fingerprint density at radius 1 is 1.40 bits per heavy atom. The van der Waals surface area contributed by atoms with Crippen molar-refractivity contribution in [2.45, 2.75) is 6.92 Å². The third-order valence-electron chi connectivity index (χ3n) is 2.14. The minimum atomic E-state index is -0.167. The van der Waals surface area contributed by atoms with Crippen molar-refractivity contribution < 1.29 is 0 Å². The molecule has 15 heavy (non-hydrogen) atoms. The molecule has 3 nitrogen and oxygen atoms in total. The molecule has 4 heteroatoms. The second-order valence-electron chi connectivity index (χ2n) is 3.23. The third-order valence-corrected chi connectivity index (χ3v) is 3.03. The number of rotatable bonds is 1. The molecule has 0 unspecified atom stereocenters. The molecule has 0 saturated carbocycles. The lowest BCUT2D eigenvalue weighted by molar-refractivity contribution is 1.14. The number of benzene rings is 1. The van der Waals surface area contributed by atoms with Crippen LogP contribution in [0.5, 0.6) is 0 Å². The number of halogens is 1. The maximum atomic E-state index is 11.5. The van der Waals surface area contributed by atoms with Crippen LogP contribution in [0.3, 0.4) is 0 Å². The summed E-state index contributed by atoms with van der Waals surface area (Å²) in [5.41, 5.74) is 2.20. The number of nitrogens with one attached hydrogen (secondary N) is 1. The SMILES string of the molecule is Cc1cc(-c2ncc[nH]c2=O)ccc1Br. The van der Waals surface area contributed by atoms with E-state index >= 15 is 0 Å². The molecule has 1 aromatic heterocycles. The highest BCUT2D eigenvalue weighted by molar-refractivity contribution is 9.10. The monoisotopic (exact) mass is 264 g/mol. The quantitative estimate of drug-likeness (QED) is 0.861. The van der Waals surface area contributed by atoms with Crippen molar-refractivity contribution in [1.29, 1.82) is 0 Å². The van der Waals surface area contributed by atoms with Crippen LogP contribution in [-0.2, 0) is 0 Å². The Morgan fingerprint density at radius 2 is 2.20 bits per heavy atom. The summed E-state index contributed by atoms with van der Waals surface area (Å²) in [6.07, 6.45) is 3.10. The fourth-order valence-corrected chi connectivity index (χ4v) is 1.60. The predicted octanol–water partition coefficient (Wildman–Crippen LogP) is 2.51. The first kappa shape index (κ1) is 10.1. The first-order chi connectivity index (χ1) is 7.18. The molecule has 1 aromatic carbocycles. The van der Waals surface area contributed by atoms with Crippen molar-refractivity contribution in [1.82, 2.24) is 9.97 Å². The van der Waals surface area contributed by atoms with Crippen LogP contribution in [0.1, 0.15) is 5.56 Å². The molecule has 0 radical (unpaired) electrons. The summed E-state index contributed by atoms with van der Waals surface area (Å²) >= 11 is 3.41. The van der Waals surface area contributed by atoms with Gasteiger partial charge in [-0.1, -0.05) is 22.0 Å².